The van der Waals surface area contributed by atoms with Crippen LogP contribution in [0.1, 0.15) is 37.2 Å². The number of nitrogens with one attached hydrogen (secondary N) is 2. The maximum atomic E-state index is 4.54. The highest BCUT2D eigenvalue weighted by atomic mass is 15.1. The zero-order valence-electron chi connectivity index (χ0n) is 16.5. The fourth-order valence-electron chi connectivity index (χ4n) is 3.63. The SMILES string of the molecule is Cc1nc(Nc2ccc(N3CCCC3)cc2)cc(NC(C)c2ccccc2)n1. The Labute approximate surface area is 166 Å². The van der Waals surface area contributed by atoms with E-state index < -0.39 is 0 Å². The lowest BCUT2D eigenvalue weighted by Gasteiger charge is -2.18. The monoisotopic (exact) mass is 373 g/mol. The van der Waals surface area contributed by atoms with Crippen LogP contribution in [0, 0.1) is 6.92 Å². The molecule has 1 saturated heterocycles. The molecule has 0 bridgehead atoms. The van der Waals surface area contributed by atoms with Crippen LogP contribution < -0.4 is 15.5 Å². The number of aryl methyl sites for hydroxylation is 1. The molecule has 0 spiro atoms. The first-order chi connectivity index (χ1) is 13.7. The van der Waals surface area contributed by atoms with Crippen LogP contribution in [0.4, 0.5) is 23.0 Å². The van der Waals surface area contributed by atoms with Gasteiger partial charge >= 0.3 is 0 Å². The molecule has 2 aromatic carbocycles. The molecule has 1 aliphatic rings. The molecule has 1 aliphatic heterocycles. The van der Waals surface area contributed by atoms with Crippen molar-refractivity contribution in [1.82, 2.24) is 9.97 Å². The maximum Gasteiger partial charge on any atom is 0.136 e. The van der Waals surface area contributed by atoms with E-state index in [1.54, 1.807) is 0 Å². The summed E-state index contributed by atoms with van der Waals surface area (Å²) in [6, 6.07) is 21.1. The van der Waals surface area contributed by atoms with Crippen molar-refractivity contribution in [3.8, 4) is 0 Å². The average molecular weight is 374 g/mol. The molecule has 5 heteroatoms. The normalized spacial score (nSPS) is 14.7. The molecule has 1 fully saturated rings. The van der Waals surface area contributed by atoms with Crippen molar-refractivity contribution in [2.45, 2.75) is 32.7 Å². The van der Waals surface area contributed by atoms with Crippen LogP contribution >= 0.6 is 0 Å². The van der Waals surface area contributed by atoms with Gasteiger partial charge in [-0.15, -0.1) is 0 Å². The number of benzene rings is 2. The second kappa shape index (κ2) is 8.30. The topological polar surface area (TPSA) is 53.1 Å². The number of aromatic nitrogens is 2. The average Bonchev–Trinajstić information content (AvgIpc) is 3.23. The fraction of sp³-hybridized carbons (Fsp3) is 0.304. The number of hydrogen-bond acceptors (Lipinski definition) is 5. The summed E-state index contributed by atoms with van der Waals surface area (Å²) >= 11 is 0. The molecule has 28 heavy (non-hydrogen) atoms. The van der Waals surface area contributed by atoms with Crippen molar-refractivity contribution in [3.05, 3.63) is 72.1 Å². The summed E-state index contributed by atoms with van der Waals surface area (Å²) in [7, 11) is 0. The van der Waals surface area contributed by atoms with Crippen molar-refractivity contribution >= 4 is 23.0 Å². The molecule has 3 aromatic rings. The van der Waals surface area contributed by atoms with E-state index in [2.05, 4.69) is 81.0 Å². The smallest absolute Gasteiger partial charge is 0.136 e. The molecule has 0 radical (unpaired) electrons. The van der Waals surface area contributed by atoms with Gasteiger partial charge in [0, 0.05) is 36.6 Å². The molecule has 0 saturated carbocycles. The first-order valence-electron chi connectivity index (χ1n) is 9.96. The third-order valence-electron chi connectivity index (χ3n) is 5.11. The predicted octanol–water partition coefficient (Wildman–Crippen LogP) is 5.30. The van der Waals surface area contributed by atoms with Gasteiger partial charge < -0.3 is 15.5 Å². The third kappa shape index (κ3) is 4.42. The van der Waals surface area contributed by atoms with Crippen LogP contribution in [0.15, 0.2) is 60.7 Å². The highest BCUT2D eigenvalue weighted by Crippen LogP contribution is 2.25. The van der Waals surface area contributed by atoms with Crippen LogP contribution in [0.5, 0.6) is 0 Å². The molecule has 5 nitrogen and oxygen atoms in total. The fourth-order valence-corrected chi connectivity index (χ4v) is 3.63. The van der Waals surface area contributed by atoms with Crippen LogP contribution in [-0.4, -0.2) is 23.1 Å². The second-order valence-corrected chi connectivity index (χ2v) is 7.33. The molecular formula is C23H27N5. The van der Waals surface area contributed by atoms with Crippen molar-refractivity contribution < 1.29 is 0 Å². The van der Waals surface area contributed by atoms with Crippen LogP contribution in [0.25, 0.3) is 0 Å². The van der Waals surface area contributed by atoms with Gasteiger partial charge in [0.05, 0.1) is 0 Å². The molecule has 0 aliphatic carbocycles. The summed E-state index contributed by atoms with van der Waals surface area (Å²) < 4.78 is 0. The second-order valence-electron chi connectivity index (χ2n) is 7.33. The Hall–Kier alpha value is -3.08. The minimum absolute atomic E-state index is 0.170. The lowest BCUT2D eigenvalue weighted by molar-refractivity contribution is 0.867. The van der Waals surface area contributed by atoms with Gasteiger partial charge in [0.15, 0.2) is 0 Å². The number of hydrogen-bond donors (Lipinski definition) is 2. The van der Waals surface area contributed by atoms with Crippen LogP contribution in [0.2, 0.25) is 0 Å². The molecule has 1 atom stereocenters. The van der Waals surface area contributed by atoms with Gasteiger partial charge in [-0.3, -0.25) is 0 Å². The Bertz CT molecular complexity index is 902. The van der Waals surface area contributed by atoms with E-state index in [1.165, 1.54) is 24.1 Å². The van der Waals surface area contributed by atoms with E-state index in [1.807, 2.05) is 19.1 Å². The summed E-state index contributed by atoms with van der Waals surface area (Å²) in [6.07, 6.45) is 2.58. The number of nitrogens with zero attached hydrogens (tertiary/aromatic N) is 3. The summed E-state index contributed by atoms with van der Waals surface area (Å²) in [5.74, 6) is 2.35. The minimum atomic E-state index is 0.170. The molecule has 2 heterocycles. The molecule has 1 aromatic heterocycles. The number of rotatable bonds is 6. The van der Waals surface area contributed by atoms with Gasteiger partial charge in [0.25, 0.3) is 0 Å². The zero-order valence-corrected chi connectivity index (χ0v) is 16.5. The highest BCUT2D eigenvalue weighted by Gasteiger charge is 2.12. The van der Waals surface area contributed by atoms with E-state index in [4.69, 9.17) is 0 Å². The molecular weight excluding hydrogens is 346 g/mol. The Kier molecular flexibility index (Phi) is 5.42. The van der Waals surface area contributed by atoms with Crippen LogP contribution in [-0.2, 0) is 0 Å². The van der Waals surface area contributed by atoms with Crippen molar-refractivity contribution in [1.29, 1.82) is 0 Å². The highest BCUT2D eigenvalue weighted by molar-refractivity contribution is 5.63. The molecule has 1 unspecified atom stereocenters. The van der Waals surface area contributed by atoms with Crippen molar-refractivity contribution in [3.63, 3.8) is 0 Å². The Morgan fingerprint density at radius 1 is 0.893 bits per heavy atom. The van der Waals surface area contributed by atoms with Gasteiger partial charge in [0.2, 0.25) is 0 Å². The van der Waals surface area contributed by atoms with Crippen LogP contribution in [0.3, 0.4) is 0 Å². The Morgan fingerprint density at radius 2 is 1.57 bits per heavy atom. The molecule has 2 N–H and O–H groups in total. The van der Waals surface area contributed by atoms with Gasteiger partial charge in [-0.05, 0) is 56.5 Å². The standard InChI is InChI=1S/C23H27N5/c1-17(19-8-4-3-5-9-19)24-22-16-23(26-18(2)25-22)27-20-10-12-21(13-11-20)28-14-6-7-15-28/h3-5,8-13,16-17H,6-7,14-15H2,1-2H3,(H2,24,25,26,27). The van der Waals surface area contributed by atoms with Gasteiger partial charge in [-0.2, -0.15) is 0 Å². The zero-order chi connectivity index (χ0) is 19.3. The van der Waals surface area contributed by atoms with E-state index in [-0.39, 0.29) is 6.04 Å². The lowest BCUT2D eigenvalue weighted by Crippen LogP contribution is -2.17. The van der Waals surface area contributed by atoms with Crippen molar-refractivity contribution in [2.75, 3.05) is 28.6 Å². The van der Waals surface area contributed by atoms with E-state index in [0.29, 0.717) is 0 Å². The van der Waals surface area contributed by atoms with E-state index in [9.17, 15) is 0 Å². The quantitative estimate of drug-likeness (QED) is 0.614. The number of anilines is 4. The van der Waals surface area contributed by atoms with Gasteiger partial charge in [-0.25, -0.2) is 9.97 Å². The molecule has 144 valence electrons. The minimum Gasteiger partial charge on any atom is -0.372 e. The summed E-state index contributed by atoms with van der Waals surface area (Å²) in [5.41, 5.74) is 3.55. The molecule has 0 amide bonds. The van der Waals surface area contributed by atoms with Gasteiger partial charge in [0.1, 0.15) is 17.5 Å². The van der Waals surface area contributed by atoms with Crippen molar-refractivity contribution in [2.24, 2.45) is 0 Å². The Morgan fingerprint density at radius 3 is 2.29 bits per heavy atom. The lowest BCUT2D eigenvalue weighted by atomic mass is 10.1. The Balaban J connectivity index is 1.46. The first kappa shape index (κ1) is 18.3. The maximum absolute atomic E-state index is 4.54. The van der Waals surface area contributed by atoms with Gasteiger partial charge in [-0.1, -0.05) is 30.3 Å². The van der Waals surface area contributed by atoms with E-state index >= 15 is 0 Å². The predicted molar refractivity (Wildman–Crippen MR) is 116 cm³/mol. The molecule has 4 rings (SSSR count). The van der Waals surface area contributed by atoms with E-state index in [0.717, 1.165) is 36.2 Å². The summed E-state index contributed by atoms with van der Waals surface area (Å²) in [4.78, 5) is 11.5. The summed E-state index contributed by atoms with van der Waals surface area (Å²) in [6.45, 7) is 6.37. The summed E-state index contributed by atoms with van der Waals surface area (Å²) in [5, 5.41) is 6.88. The first-order valence-corrected chi connectivity index (χ1v) is 9.96. The third-order valence-corrected chi connectivity index (χ3v) is 5.11. The largest absolute Gasteiger partial charge is 0.372 e.